The van der Waals surface area contributed by atoms with Gasteiger partial charge in [-0.25, -0.2) is 23.7 Å². The van der Waals surface area contributed by atoms with Gasteiger partial charge < -0.3 is 10.6 Å². The average molecular weight is 560 g/mol. The van der Waals surface area contributed by atoms with Crippen LogP contribution in [0.15, 0.2) is 54.9 Å². The van der Waals surface area contributed by atoms with E-state index in [1.807, 2.05) is 0 Å². The van der Waals surface area contributed by atoms with Crippen molar-refractivity contribution in [2.45, 2.75) is 19.1 Å². The summed E-state index contributed by atoms with van der Waals surface area (Å²) in [6.07, 6.45) is -2.04. The molecule has 0 radical (unpaired) electrons. The fraction of sp³-hybridized carbons (Fsp3) is 0.115. The molecule has 2 amide bonds. The van der Waals surface area contributed by atoms with Crippen molar-refractivity contribution in [1.29, 1.82) is 0 Å². The van der Waals surface area contributed by atoms with Crippen molar-refractivity contribution >= 4 is 29.1 Å². The molecule has 0 fully saturated rings. The summed E-state index contributed by atoms with van der Waals surface area (Å²) in [6.45, 7) is 1.65. The highest BCUT2D eigenvalue weighted by atomic mass is 35.5. The topological polar surface area (TPSA) is 96.9 Å². The number of carbonyl (C=O) groups is 2. The van der Waals surface area contributed by atoms with E-state index in [2.05, 4.69) is 25.6 Å². The normalized spacial score (nSPS) is 14.6. The minimum absolute atomic E-state index is 0.0536. The molecule has 198 valence electrons. The molecule has 0 saturated carbocycles. The number of rotatable bonds is 4. The Balaban J connectivity index is 1.66. The summed E-state index contributed by atoms with van der Waals surface area (Å²) >= 11 is 6.27. The van der Waals surface area contributed by atoms with Crippen molar-refractivity contribution in [1.82, 2.24) is 20.3 Å². The molecule has 1 aliphatic heterocycles. The van der Waals surface area contributed by atoms with E-state index in [4.69, 9.17) is 11.6 Å². The largest absolute Gasteiger partial charge is 0.416 e. The zero-order valence-corrected chi connectivity index (χ0v) is 20.5. The lowest BCUT2D eigenvalue weighted by molar-refractivity contribution is -0.137. The fourth-order valence-electron chi connectivity index (χ4n) is 4.12. The van der Waals surface area contributed by atoms with Crippen molar-refractivity contribution in [3.63, 3.8) is 0 Å². The molecule has 0 spiro atoms. The van der Waals surface area contributed by atoms with Crippen molar-refractivity contribution in [2.24, 2.45) is 0 Å². The predicted octanol–water partition coefficient (Wildman–Crippen LogP) is 5.88. The molecule has 5 rings (SSSR count). The minimum atomic E-state index is -4.90. The zero-order chi connectivity index (χ0) is 28.1. The molecule has 1 atom stereocenters. The maximum Gasteiger partial charge on any atom is 0.416 e. The van der Waals surface area contributed by atoms with E-state index in [1.165, 1.54) is 24.5 Å². The Morgan fingerprint density at radius 1 is 1.03 bits per heavy atom. The SMILES string of the molecule is Cc1ncc(-c2cc(NC(=O)c3cc(F)cc(C(F)(F)F)c3)c3c(n2)C(=O)N[C@@H]3c2cc(F)ccc2Cl)cn1. The van der Waals surface area contributed by atoms with Crippen LogP contribution in [0.2, 0.25) is 5.02 Å². The van der Waals surface area contributed by atoms with Crippen LogP contribution in [0.4, 0.5) is 27.6 Å². The second-order valence-corrected chi connectivity index (χ2v) is 9.00. The number of halogens is 6. The van der Waals surface area contributed by atoms with Gasteiger partial charge in [-0.05, 0) is 49.4 Å². The standard InChI is InChI=1S/C26H15ClF5N5O2/c1-11-33-9-13(10-34-11)19-8-20(36-24(38)12-4-14(26(30,31)32)6-16(29)5-12)21-22(37-25(39)23(21)35-19)17-7-15(28)2-3-18(17)27/h2-10,22H,1H3,(H,37,39)(H,35,36,38)/t22-/m1/s1. The second kappa shape index (κ2) is 9.70. The molecule has 2 N–H and O–H groups in total. The highest BCUT2D eigenvalue weighted by Crippen LogP contribution is 2.40. The molecule has 7 nitrogen and oxygen atoms in total. The first-order chi connectivity index (χ1) is 18.4. The van der Waals surface area contributed by atoms with Crippen LogP contribution < -0.4 is 10.6 Å². The van der Waals surface area contributed by atoms with E-state index in [0.29, 0.717) is 23.5 Å². The maximum absolute atomic E-state index is 14.1. The summed E-state index contributed by atoms with van der Waals surface area (Å²) in [6, 6.07) is 5.19. The molecule has 2 aromatic carbocycles. The first-order valence-corrected chi connectivity index (χ1v) is 11.6. The maximum atomic E-state index is 14.1. The number of alkyl halides is 3. The van der Waals surface area contributed by atoms with E-state index < -0.39 is 46.8 Å². The van der Waals surface area contributed by atoms with Gasteiger partial charge in [-0.1, -0.05) is 11.6 Å². The van der Waals surface area contributed by atoms with Gasteiger partial charge in [0, 0.05) is 39.7 Å². The predicted molar refractivity (Wildman–Crippen MR) is 130 cm³/mol. The van der Waals surface area contributed by atoms with Gasteiger partial charge >= 0.3 is 6.18 Å². The molecule has 3 heterocycles. The summed E-state index contributed by atoms with van der Waals surface area (Å²) in [4.78, 5) is 38.6. The lowest BCUT2D eigenvalue weighted by Crippen LogP contribution is -2.21. The number of fused-ring (bicyclic) bond motifs is 1. The third-order valence-corrected chi connectivity index (χ3v) is 6.26. The van der Waals surface area contributed by atoms with Crippen LogP contribution in [0.5, 0.6) is 0 Å². The molecule has 1 aliphatic rings. The smallest absolute Gasteiger partial charge is 0.340 e. The molecule has 4 aromatic rings. The molecule has 13 heteroatoms. The Morgan fingerprint density at radius 2 is 1.74 bits per heavy atom. The molecule has 0 unspecified atom stereocenters. The van der Waals surface area contributed by atoms with Gasteiger partial charge in [0.1, 0.15) is 23.2 Å². The van der Waals surface area contributed by atoms with E-state index in [1.54, 1.807) is 6.92 Å². The third-order valence-electron chi connectivity index (χ3n) is 5.92. The molecular formula is C26H15ClF5N5O2. The van der Waals surface area contributed by atoms with Gasteiger partial charge in [-0.15, -0.1) is 0 Å². The summed E-state index contributed by atoms with van der Waals surface area (Å²) < 4.78 is 67.8. The monoisotopic (exact) mass is 559 g/mol. The van der Waals surface area contributed by atoms with Gasteiger partial charge in [0.05, 0.1) is 23.0 Å². The van der Waals surface area contributed by atoms with Gasteiger partial charge in [-0.2, -0.15) is 13.2 Å². The molecule has 0 saturated heterocycles. The van der Waals surface area contributed by atoms with Crippen LogP contribution >= 0.6 is 11.6 Å². The summed E-state index contributed by atoms with van der Waals surface area (Å²) in [5.74, 6) is -3.23. The van der Waals surface area contributed by atoms with Crippen LogP contribution in [0.3, 0.4) is 0 Å². The van der Waals surface area contributed by atoms with Crippen molar-refractivity contribution in [3.05, 3.63) is 105 Å². The molecule has 39 heavy (non-hydrogen) atoms. The zero-order valence-electron chi connectivity index (χ0n) is 19.7. The molecule has 0 aliphatic carbocycles. The lowest BCUT2D eigenvalue weighted by Gasteiger charge is -2.18. The third kappa shape index (κ3) is 5.15. The van der Waals surface area contributed by atoms with E-state index >= 15 is 0 Å². The van der Waals surface area contributed by atoms with Gasteiger partial charge in [0.25, 0.3) is 11.8 Å². The van der Waals surface area contributed by atoms with Crippen LogP contribution in [0.1, 0.15) is 49.4 Å². The average Bonchev–Trinajstić information content (AvgIpc) is 3.21. The number of hydrogen-bond acceptors (Lipinski definition) is 5. The Hall–Kier alpha value is -4.45. The second-order valence-electron chi connectivity index (χ2n) is 8.59. The van der Waals surface area contributed by atoms with E-state index in [0.717, 1.165) is 12.1 Å². The van der Waals surface area contributed by atoms with E-state index in [-0.39, 0.29) is 39.3 Å². The first-order valence-electron chi connectivity index (χ1n) is 11.2. The van der Waals surface area contributed by atoms with Crippen LogP contribution in [0.25, 0.3) is 11.3 Å². The number of benzene rings is 2. The number of anilines is 1. The number of amides is 2. The minimum Gasteiger partial charge on any atom is -0.340 e. The Bertz CT molecular complexity index is 1640. The number of carbonyl (C=O) groups excluding carboxylic acids is 2. The Labute approximate surface area is 222 Å². The van der Waals surface area contributed by atoms with Crippen molar-refractivity contribution in [3.8, 4) is 11.3 Å². The number of nitrogens with one attached hydrogen (secondary N) is 2. The van der Waals surface area contributed by atoms with Gasteiger partial charge in [0.15, 0.2) is 0 Å². The molecular weight excluding hydrogens is 545 g/mol. The van der Waals surface area contributed by atoms with Crippen molar-refractivity contribution < 1.29 is 31.5 Å². The summed E-state index contributed by atoms with van der Waals surface area (Å²) in [5.41, 5.74) is -1.42. The fourth-order valence-corrected chi connectivity index (χ4v) is 4.34. The number of hydrogen-bond donors (Lipinski definition) is 2. The van der Waals surface area contributed by atoms with Crippen LogP contribution in [-0.4, -0.2) is 26.8 Å². The van der Waals surface area contributed by atoms with Crippen LogP contribution in [-0.2, 0) is 6.18 Å². The van der Waals surface area contributed by atoms with Crippen molar-refractivity contribution in [2.75, 3.05) is 5.32 Å². The molecule has 0 bridgehead atoms. The highest BCUT2D eigenvalue weighted by Gasteiger charge is 2.37. The first kappa shape index (κ1) is 26.2. The molecule has 2 aromatic heterocycles. The number of aromatic nitrogens is 3. The number of aryl methyl sites for hydroxylation is 1. The van der Waals surface area contributed by atoms with E-state index in [9.17, 15) is 31.5 Å². The van der Waals surface area contributed by atoms with Crippen LogP contribution in [0, 0.1) is 18.6 Å². The Morgan fingerprint density at radius 3 is 2.44 bits per heavy atom. The van der Waals surface area contributed by atoms with Gasteiger partial charge in [-0.3, -0.25) is 9.59 Å². The number of nitrogens with zero attached hydrogens (tertiary/aromatic N) is 3. The van der Waals surface area contributed by atoms with Gasteiger partial charge in [0.2, 0.25) is 0 Å². The lowest BCUT2D eigenvalue weighted by atomic mass is 9.97. The Kier molecular flexibility index (Phi) is 6.51. The number of pyridine rings is 1. The quantitative estimate of drug-likeness (QED) is 0.304. The highest BCUT2D eigenvalue weighted by molar-refractivity contribution is 6.31. The summed E-state index contributed by atoms with van der Waals surface area (Å²) in [7, 11) is 0. The summed E-state index contributed by atoms with van der Waals surface area (Å²) in [5, 5.41) is 5.20.